The van der Waals surface area contributed by atoms with E-state index >= 15 is 0 Å². The van der Waals surface area contributed by atoms with E-state index in [1.54, 1.807) is 0 Å². The molecule has 1 unspecified atom stereocenters. The average Bonchev–Trinajstić information content (AvgIpc) is 3.05. The zero-order valence-electron chi connectivity index (χ0n) is 12.4. The number of carbonyl (C=O) groups is 1. The summed E-state index contributed by atoms with van der Waals surface area (Å²) in [7, 11) is 0. The fraction of sp³-hybridized carbons (Fsp3) is 0.786. The van der Waals surface area contributed by atoms with Gasteiger partial charge in [-0.2, -0.15) is 0 Å². The van der Waals surface area contributed by atoms with E-state index in [0.717, 1.165) is 37.0 Å². The molecule has 1 saturated carbocycles. The van der Waals surface area contributed by atoms with Crippen LogP contribution in [0.1, 0.15) is 44.3 Å². The second-order valence-corrected chi connectivity index (χ2v) is 6.53. The van der Waals surface area contributed by atoms with Crippen LogP contribution in [-0.4, -0.2) is 45.7 Å². The van der Waals surface area contributed by atoms with Crippen molar-refractivity contribution < 1.29 is 9.53 Å². The SMILES string of the molecule is CCn1c(SCC(=O)NCC2CCCO2)nnc1C1CC1. The van der Waals surface area contributed by atoms with Gasteiger partial charge in [-0.25, -0.2) is 0 Å². The second-order valence-electron chi connectivity index (χ2n) is 5.59. The molecule has 2 fully saturated rings. The Morgan fingerprint density at radius 1 is 1.43 bits per heavy atom. The van der Waals surface area contributed by atoms with E-state index < -0.39 is 0 Å². The molecule has 3 rings (SSSR count). The summed E-state index contributed by atoms with van der Waals surface area (Å²) in [5.41, 5.74) is 0. The maximum Gasteiger partial charge on any atom is 0.230 e. The third kappa shape index (κ3) is 3.77. The number of aromatic nitrogens is 3. The third-order valence-corrected chi connectivity index (χ3v) is 4.85. The molecule has 1 aliphatic carbocycles. The topological polar surface area (TPSA) is 69.0 Å². The lowest BCUT2D eigenvalue weighted by molar-refractivity contribution is -0.119. The van der Waals surface area contributed by atoms with Crippen molar-refractivity contribution in [3.05, 3.63) is 5.82 Å². The van der Waals surface area contributed by atoms with Gasteiger partial charge in [0, 0.05) is 25.6 Å². The van der Waals surface area contributed by atoms with Crippen LogP contribution in [-0.2, 0) is 16.1 Å². The second kappa shape index (κ2) is 6.79. The monoisotopic (exact) mass is 310 g/mol. The maximum absolute atomic E-state index is 11.9. The lowest BCUT2D eigenvalue weighted by Gasteiger charge is -2.10. The minimum absolute atomic E-state index is 0.0362. The van der Waals surface area contributed by atoms with Gasteiger partial charge >= 0.3 is 0 Å². The van der Waals surface area contributed by atoms with Crippen molar-refractivity contribution in [1.82, 2.24) is 20.1 Å². The largest absolute Gasteiger partial charge is 0.376 e. The number of hydrogen-bond donors (Lipinski definition) is 1. The van der Waals surface area contributed by atoms with Crippen molar-refractivity contribution in [1.29, 1.82) is 0 Å². The van der Waals surface area contributed by atoms with E-state index in [1.807, 2.05) is 0 Å². The molecule has 2 aliphatic rings. The van der Waals surface area contributed by atoms with Crippen LogP contribution >= 0.6 is 11.8 Å². The highest BCUT2D eigenvalue weighted by atomic mass is 32.2. The fourth-order valence-corrected chi connectivity index (χ4v) is 3.40. The van der Waals surface area contributed by atoms with E-state index in [9.17, 15) is 4.79 Å². The Kier molecular flexibility index (Phi) is 4.80. The summed E-state index contributed by atoms with van der Waals surface area (Å²) in [4.78, 5) is 11.9. The molecule has 7 heteroatoms. The Morgan fingerprint density at radius 2 is 2.29 bits per heavy atom. The number of thioether (sulfide) groups is 1. The van der Waals surface area contributed by atoms with Crippen molar-refractivity contribution in [2.24, 2.45) is 0 Å². The highest BCUT2D eigenvalue weighted by molar-refractivity contribution is 7.99. The van der Waals surface area contributed by atoms with Gasteiger partial charge in [0.1, 0.15) is 5.82 Å². The van der Waals surface area contributed by atoms with Gasteiger partial charge in [0.25, 0.3) is 0 Å². The lowest BCUT2D eigenvalue weighted by atomic mass is 10.2. The Morgan fingerprint density at radius 3 is 2.95 bits per heavy atom. The molecular weight excluding hydrogens is 288 g/mol. The minimum Gasteiger partial charge on any atom is -0.376 e. The maximum atomic E-state index is 11.9. The first-order valence-corrected chi connectivity index (χ1v) is 8.70. The Balaban J connectivity index is 1.46. The van der Waals surface area contributed by atoms with Crippen molar-refractivity contribution in [2.75, 3.05) is 18.9 Å². The summed E-state index contributed by atoms with van der Waals surface area (Å²) in [5.74, 6) is 2.09. The fourth-order valence-electron chi connectivity index (χ4n) is 2.56. The third-order valence-electron chi connectivity index (χ3n) is 3.89. The van der Waals surface area contributed by atoms with Gasteiger partial charge in [0.15, 0.2) is 5.16 Å². The Labute approximate surface area is 129 Å². The first kappa shape index (κ1) is 14.8. The average molecular weight is 310 g/mol. The van der Waals surface area contributed by atoms with Gasteiger partial charge in [-0.05, 0) is 32.6 Å². The molecule has 1 amide bonds. The van der Waals surface area contributed by atoms with Crippen LogP contribution in [0.2, 0.25) is 0 Å². The van der Waals surface area contributed by atoms with Gasteiger partial charge < -0.3 is 14.6 Å². The molecule has 6 nitrogen and oxygen atoms in total. The normalized spacial score (nSPS) is 21.7. The molecule has 0 aromatic carbocycles. The van der Waals surface area contributed by atoms with Crippen LogP contribution in [0.25, 0.3) is 0 Å². The number of ether oxygens (including phenoxy) is 1. The number of nitrogens with zero attached hydrogens (tertiary/aromatic N) is 3. The Bertz CT molecular complexity index is 495. The molecule has 1 N–H and O–H groups in total. The number of amides is 1. The first-order valence-electron chi connectivity index (χ1n) is 7.72. The number of rotatable bonds is 7. The molecule has 1 aromatic rings. The summed E-state index contributed by atoms with van der Waals surface area (Å²) in [6.07, 6.45) is 4.76. The highest BCUT2D eigenvalue weighted by Gasteiger charge is 2.30. The van der Waals surface area contributed by atoms with E-state index in [-0.39, 0.29) is 12.0 Å². The van der Waals surface area contributed by atoms with Gasteiger partial charge in [-0.3, -0.25) is 4.79 Å². The van der Waals surface area contributed by atoms with Crippen LogP contribution in [0.4, 0.5) is 0 Å². The summed E-state index contributed by atoms with van der Waals surface area (Å²) in [5, 5.41) is 12.3. The highest BCUT2D eigenvalue weighted by Crippen LogP contribution is 2.39. The molecule has 0 radical (unpaired) electrons. The van der Waals surface area contributed by atoms with E-state index in [1.165, 1.54) is 24.6 Å². The molecule has 1 aromatic heterocycles. The predicted octanol–water partition coefficient (Wildman–Crippen LogP) is 1.56. The molecular formula is C14H22N4O2S. The summed E-state index contributed by atoms with van der Waals surface area (Å²) >= 11 is 1.46. The van der Waals surface area contributed by atoms with Crippen molar-refractivity contribution >= 4 is 17.7 Å². The van der Waals surface area contributed by atoms with Crippen LogP contribution < -0.4 is 5.32 Å². The van der Waals surface area contributed by atoms with Crippen LogP contribution in [0, 0.1) is 0 Å². The summed E-state index contributed by atoms with van der Waals surface area (Å²) < 4.78 is 7.63. The molecule has 116 valence electrons. The summed E-state index contributed by atoms with van der Waals surface area (Å²) in [6.45, 7) is 4.39. The quantitative estimate of drug-likeness (QED) is 0.774. The smallest absolute Gasteiger partial charge is 0.230 e. The Hall–Kier alpha value is -1.08. The van der Waals surface area contributed by atoms with Crippen LogP contribution in [0.15, 0.2) is 5.16 Å². The zero-order valence-corrected chi connectivity index (χ0v) is 13.2. The number of nitrogens with one attached hydrogen (secondary N) is 1. The molecule has 21 heavy (non-hydrogen) atoms. The van der Waals surface area contributed by atoms with Crippen LogP contribution in [0.5, 0.6) is 0 Å². The van der Waals surface area contributed by atoms with E-state index in [0.29, 0.717) is 18.2 Å². The molecule has 1 saturated heterocycles. The van der Waals surface area contributed by atoms with E-state index in [2.05, 4.69) is 27.0 Å². The zero-order chi connectivity index (χ0) is 14.7. The summed E-state index contributed by atoms with van der Waals surface area (Å²) in [6, 6.07) is 0. The van der Waals surface area contributed by atoms with Crippen molar-refractivity contribution in [3.63, 3.8) is 0 Å². The van der Waals surface area contributed by atoms with Gasteiger partial charge in [-0.15, -0.1) is 10.2 Å². The lowest BCUT2D eigenvalue weighted by Crippen LogP contribution is -2.32. The van der Waals surface area contributed by atoms with Gasteiger partial charge in [-0.1, -0.05) is 11.8 Å². The first-order chi connectivity index (χ1) is 10.3. The minimum atomic E-state index is 0.0362. The molecule has 0 bridgehead atoms. The number of carbonyl (C=O) groups excluding carboxylic acids is 1. The molecule has 1 aliphatic heterocycles. The van der Waals surface area contributed by atoms with Crippen LogP contribution in [0.3, 0.4) is 0 Å². The standard InChI is InChI=1S/C14H22N4O2S/c1-2-18-13(10-5-6-10)16-17-14(18)21-9-12(19)15-8-11-4-3-7-20-11/h10-11H,2-9H2,1H3,(H,15,19). The van der Waals surface area contributed by atoms with Crippen molar-refractivity contribution in [3.8, 4) is 0 Å². The van der Waals surface area contributed by atoms with Gasteiger partial charge in [0.05, 0.1) is 11.9 Å². The predicted molar refractivity (Wildman–Crippen MR) is 80.4 cm³/mol. The molecule has 0 spiro atoms. The van der Waals surface area contributed by atoms with E-state index in [4.69, 9.17) is 4.74 Å². The van der Waals surface area contributed by atoms with Gasteiger partial charge in [0.2, 0.25) is 5.91 Å². The molecule has 1 atom stereocenters. The van der Waals surface area contributed by atoms with Crippen molar-refractivity contribution in [2.45, 2.75) is 56.3 Å². The number of hydrogen-bond acceptors (Lipinski definition) is 5. The molecule has 2 heterocycles.